The third kappa shape index (κ3) is 2.58. The summed E-state index contributed by atoms with van der Waals surface area (Å²) in [7, 11) is 0. The summed E-state index contributed by atoms with van der Waals surface area (Å²) in [5.74, 6) is 0.842. The number of aromatic nitrogens is 1. The summed E-state index contributed by atoms with van der Waals surface area (Å²) in [6, 6.07) is 10.0. The molecule has 0 spiro atoms. The van der Waals surface area contributed by atoms with Gasteiger partial charge in [0.1, 0.15) is 0 Å². The number of hydrogen-bond donors (Lipinski definition) is 0. The minimum atomic E-state index is -1.08. The Hall–Kier alpha value is -0.974. The summed E-state index contributed by atoms with van der Waals surface area (Å²) in [4.78, 5) is 4.50. The predicted molar refractivity (Wildman–Crippen MR) is 64.5 cm³/mol. The normalized spacial score (nSPS) is 10.4. The van der Waals surface area contributed by atoms with Crippen molar-refractivity contribution in [2.75, 3.05) is 6.61 Å². The van der Waals surface area contributed by atoms with Crippen LogP contribution >= 0.6 is 0 Å². The third-order valence-electron chi connectivity index (χ3n) is 2.23. The van der Waals surface area contributed by atoms with E-state index in [2.05, 4.69) is 11.1 Å². The van der Waals surface area contributed by atoms with Crippen LogP contribution in [-0.2, 0) is 3.53 Å². The Morgan fingerprint density at radius 3 is 2.94 bits per heavy atom. The molecule has 1 aromatic heterocycles. The summed E-state index contributed by atoms with van der Waals surface area (Å²) < 4.78 is 11.0. The predicted octanol–water partition coefficient (Wildman–Crippen LogP) is 2.49. The molecule has 0 atom stereocenters. The van der Waals surface area contributed by atoms with E-state index in [1.165, 1.54) is 0 Å². The standard InChI is InChI=1S/C10H9NO.C2H5O.Ga/c1-7-5-6-8-3-2-4-9(12)10(8)11-7;1-2-3;/h2-6,12H,1H3;2H2,1H3;/q;-1;+2/p-1. The van der Waals surface area contributed by atoms with Crippen molar-refractivity contribution in [2.24, 2.45) is 0 Å². The molecule has 0 aliphatic rings. The number of benzene rings is 1. The molecule has 0 fully saturated rings. The molecule has 1 radical (unpaired) electrons. The Morgan fingerprint density at radius 1 is 1.25 bits per heavy atom. The number of fused-ring (bicyclic) bond motifs is 1. The molecule has 81 valence electrons. The van der Waals surface area contributed by atoms with Crippen molar-refractivity contribution >= 4 is 29.0 Å². The van der Waals surface area contributed by atoms with E-state index in [4.69, 9.17) is 7.06 Å². The van der Waals surface area contributed by atoms with Gasteiger partial charge in [0.15, 0.2) is 0 Å². The van der Waals surface area contributed by atoms with Crippen LogP contribution in [0.5, 0.6) is 5.75 Å². The van der Waals surface area contributed by atoms with E-state index in [9.17, 15) is 0 Å². The van der Waals surface area contributed by atoms with Gasteiger partial charge in [-0.25, -0.2) is 0 Å². The number of pyridine rings is 1. The van der Waals surface area contributed by atoms with Crippen molar-refractivity contribution in [1.82, 2.24) is 4.98 Å². The number of hydrogen-bond acceptors (Lipinski definition) is 3. The van der Waals surface area contributed by atoms with Gasteiger partial charge in [-0.2, -0.15) is 0 Å². The fraction of sp³-hybridized carbons (Fsp3) is 0.250. The van der Waals surface area contributed by atoms with E-state index >= 15 is 0 Å². The molecule has 2 aromatic rings. The average molecular weight is 273 g/mol. The summed E-state index contributed by atoms with van der Waals surface area (Å²) in [5.41, 5.74) is 1.93. The number of rotatable bonds is 4. The van der Waals surface area contributed by atoms with Gasteiger partial charge in [-0.15, -0.1) is 0 Å². The van der Waals surface area contributed by atoms with E-state index < -0.39 is 18.1 Å². The van der Waals surface area contributed by atoms with Crippen molar-refractivity contribution in [2.45, 2.75) is 13.8 Å². The van der Waals surface area contributed by atoms with Gasteiger partial charge in [-0.1, -0.05) is 0 Å². The Kier molecular flexibility index (Phi) is 3.87. The van der Waals surface area contributed by atoms with Gasteiger partial charge in [0.05, 0.1) is 0 Å². The molecule has 0 saturated heterocycles. The monoisotopic (exact) mass is 272 g/mol. The van der Waals surface area contributed by atoms with Gasteiger partial charge in [-0.05, 0) is 0 Å². The van der Waals surface area contributed by atoms with Gasteiger partial charge in [0.25, 0.3) is 0 Å². The van der Waals surface area contributed by atoms with Crippen molar-refractivity contribution in [3.8, 4) is 5.75 Å². The van der Waals surface area contributed by atoms with E-state index in [1.54, 1.807) is 0 Å². The molecule has 2 rings (SSSR count). The molecule has 1 heterocycles. The molecular weight excluding hydrogens is 260 g/mol. The third-order valence-corrected chi connectivity index (χ3v) is 3.95. The van der Waals surface area contributed by atoms with Crippen LogP contribution in [0.1, 0.15) is 12.6 Å². The zero-order chi connectivity index (χ0) is 11.4. The van der Waals surface area contributed by atoms with Crippen LogP contribution in [0.2, 0.25) is 0 Å². The summed E-state index contributed by atoms with van der Waals surface area (Å²) in [6.45, 7) is 4.68. The van der Waals surface area contributed by atoms with E-state index in [0.29, 0.717) is 0 Å². The van der Waals surface area contributed by atoms with Crippen LogP contribution in [0, 0.1) is 6.92 Å². The molecule has 0 saturated carbocycles. The van der Waals surface area contributed by atoms with Crippen LogP contribution in [-0.4, -0.2) is 29.7 Å². The van der Waals surface area contributed by atoms with Crippen molar-refractivity contribution in [3.63, 3.8) is 0 Å². The average Bonchev–Trinajstić information content (AvgIpc) is 2.30. The quantitative estimate of drug-likeness (QED) is 0.633. The van der Waals surface area contributed by atoms with Gasteiger partial charge in [0.2, 0.25) is 0 Å². The van der Waals surface area contributed by atoms with Crippen LogP contribution in [0.25, 0.3) is 10.9 Å². The molecule has 0 bridgehead atoms. The molecule has 3 nitrogen and oxygen atoms in total. The van der Waals surface area contributed by atoms with E-state index in [0.717, 1.165) is 29.0 Å². The fourth-order valence-electron chi connectivity index (χ4n) is 1.47. The van der Waals surface area contributed by atoms with Crippen LogP contribution < -0.4 is 3.53 Å². The number of nitrogens with zero attached hydrogens (tertiary/aromatic N) is 1. The zero-order valence-electron chi connectivity index (χ0n) is 9.43. The van der Waals surface area contributed by atoms with Gasteiger partial charge >= 0.3 is 103 Å². The van der Waals surface area contributed by atoms with Crippen LogP contribution in [0.3, 0.4) is 0 Å². The Balaban J connectivity index is 2.32. The molecule has 4 heteroatoms. The second-order valence-electron chi connectivity index (χ2n) is 3.45. The topological polar surface area (TPSA) is 31.4 Å². The number of para-hydroxylation sites is 1. The van der Waals surface area contributed by atoms with Gasteiger partial charge < -0.3 is 0 Å². The first-order valence-corrected chi connectivity index (χ1v) is 7.25. The minimum absolute atomic E-state index is 0.719. The van der Waals surface area contributed by atoms with E-state index in [1.807, 2.05) is 38.1 Å². The molecule has 1 aromatic carbocycles. The maximum absolute atomic E-state index is 5.69. The molecular formula is C12H13GaNO2. The summed E-state index contributed by atoms with van der Waals surface area (Å²) in [6.07, 6.45) is 0. The summed E-state index contributed by atoms with van der Waals surface area (Å²) in [5, 5.41) is 1.11. The Morgan fingerprint density at radius 2 is 2.12 bits per heavy atom. The maximum atomic E-state index is 5.69. The Bertz CT molecular complexity index is 487. The molecule has 0 amide bonds. The molecule has 0 N–H and O–H groups in total. The SMILES string of the molecule is CC[O][Ga][O]c1cccc2ccc(C)nc12. The van der Waals surface area contributed by atoms with Crippen molar-refractivity contribution < 1.29 is 7.06 Å². The van der Waals surface area contributed by atoms with Crippen LogP contribution in [0.15, 0.2) is 30.3 Å². The fourth-order valence-corrected chi connectivity index (χ4v) is 2.51. The molecule has 0 unspecified atom stereocenters. The first-order valence-electron chi connectivity index (χ1n) is 5.27. The first kappa shape index (κ1) is 11.5. The molecule has 16 heavy (non-hydrogen) atoms. The van der Waals surface area contributed by atoms with Crippen molar-refractivity contribution in [3.05, 3.63) is 36.0 Å². The number of aryl methyl sites for hydroxylation is 1. The van der Waals surface area contributed by atoms with Crippen LogP contribution in [0.4, 0.5) is 0 Å². The van der Waals surface area contributed by atoms with Gasteiger partial charge in [0, 0.05) is 0 Å². The van der Waals surface area contributed by atoms with Crippen molar-refractivity contribution in [1.29, 1.82) is 0 Å². The Labute approximate surface area is 103 Å². The molecule has 0 aliphatic heterocycles. The summed E-state index contributed by atoms with van der Waals surface area (Å²) >= 11 is -1.08. The second-order valence-corrected chi connectivity index (χ2v) is 5.05. The zero-order valence-corrected chi connectivity index (χ0v) is 11.9. The van der Waals surface area contributed by atoms with Gasteiger partial charge in [-0.3, -0.25) is 0 Å². The first-order chi connectivity index (χ1) is 7.81. The second kappa shape index (κ2) is 5.38. The van der Waals surface area contributed by atoms with E-state index in [-0.39, 0.29) is 0 Å². The molecule has 0 aliphatic carbocycles.